The van der Waals surface area contributed by atoms with E-state index in [0.29, 0.717) is 12.2 Å². The Morgan fingerprint density at radius 1 is 1.33 bits per heavy atom. The van der Waals surface area contributed by atoms with Crippen molar-refractivity contribution in [3.8, 4) is 0 Å². The zero-order valence-corrected chi connectivity index (χ0v) is 9.49. The van der Waals surface area contributed by atoms with E-state index in [-0.39, 0.29) is 0 Å². The first-order valence-electron chi connectivity index (χ1n) is 5.70. The Kier molecular flexibility index (Phi) is 3.27. The van der Waals surface area contributed by atoms with Gasteiger partial charge in [-0.15, -0.1) is 0 Å². The van der Waals surface area contributed by atoms with Crippen molar-refractivity contribution in [1.82, 2.24) is 0 Å². The highest BCUT2D eigenvalue weighted by atomic mass is 16.5. The van der Waals surface area contributed by atoms with Crippen LogP contribution in [0.1, 0.15) is 25.3 Å². The molecule has 1 fully saturated rings. The van der Waals surface area contributed by atoms with Gasteiger partial charge in [-0.25, -0.2) is 0 Å². The number of para-hydroxylation sites is 1. The van der Waals surface area contributed by atoms with Crippen LogP contribution in [0.2, 0.25) is 0 Å². The molecule has 1 aliphatic rings. The topological polar surface area (TPSA) is 21.3 Å². The summed E-state index contributed by atoms with van der Waals surface area (Å²) in [5.74, 6) is 0. The summed E-state index contributed by atoms with van der Waals surface area (Å²) >= 11 is 0. The lowest BCUT2D eigenvalue weighted by Gasteiger charge is -2.14. The Balaban J connectivity index is 1.86. The third kappa shape index (κ3) is 2.72. The van der Waals surface area contributed by atoms with Gasteiger partial charge in [-0.05, 0) is 38.3 Å². The van der Waals surface area contributed by atoms with Gasteiger partial charge in [0.25, 0.3) is 0 Å². The molecule has 2 rings (SSSR count). The monoisotopic (exact) mass is 205 g/mol. The molecule has 2 unspecified atom stereocenters. The van der Waals surface area contributed by atoms with Crippen LogP contribution in [0, 0.1) is 6.92 Å². The van der Waals surface area contributed by atoms with Crippen LogP contribution in [-0.4, -0.2) is 18.8 Å². The Bertz CT molecular complexity index is 324. The summed E-state index contributed by atoms with van der Waals surface area (Å²) in [5.41, 5.74) is 2.52. The molecule has 82 valence electrons. The Morgan fingerprint density at radius 3 is 2.80 bits per heavy atom. The lowest BCUT2D eigenvalue weighted by molar-refractivity contribution is 0.0637. The number of nitrogens with one attached hydrogen (secondary N) is 1. The average molecular weight is 205 g/mol. The fourth-order valence-corrected chi connectivity index (χ4v) is 2.03. The van der Waals surface area contributed by atoms with Gasteiger partial charge in [-0.1, -0.05) is 18.2 Å². The standard InChI is InChI=1S/C13H19NO/c1-10-5-3-4-6-13(10)14-9-12-8-7-11(2)15-12/h3-6,11-12,14H,7-9H2,1-2H3. The third-order valence-corrected chi connectivity index (χ3v) is 2.99. The van der Waals surface area contributed by atoms with Crippen LogP contribution in [-0.2, 0) is 4.74 Å². The van der Waals surface area contributed by atoms with Crippen molar-refractivity contribution in [2.45, 2.75) is 38.9 Å². The van der Waals surface area contributed by atoms with Gasteiger partial charge in [-0.2, -0.15) is 0 Å². The highest BCUT2D eigenvalue weighted by Gasteiger charge is 2.21. The van der Waals surface area contributed by atoms with Gasteiger partial charge < -0.3 is 10.1 Å². The van der Waals surface area contributed by atoms with E-state index in [1.54, 1.807) is 0 Å². The second kappa shape index (κ2) is 4.67. The van der Waals surface area contributed by atoms with Crippen molar-refractivity contribution in [1.29, 1.82) is 0 Å². The minimum absolute atomic E-state index is 0.389. The van der Waals surface area contributed by atoms with Crippen LogP contribution in [0.15, 0.2) is 24.3 Å². The molecule has 0 aromatic heterocycles. The summed E-state index contributed by atoms with van der Waals surface area (Å²) in [7, 11) is 0. The number of aryl methyl sites for hydroxylation is 1. The highest BCUT2D eigenvalue weighted by molar-refractivity contribution is 5.50. The maximum Gasteiger partial charge on any atom is 0.0751 e. The van der Waals surface area contributed by atoms with Gasteiger partial charge in [0.1, 0.15) is 0 Å². The molecular formula is C13H19NO. The molecular weight excluding hydrogens is 186 g/mol. The van der Waals surface area contributed by atoms with Crippen LogP contribution in [0.4, 0.5) is 5.69 Å². The molecule has 0 bridgehead atoms. The normalized spacial score (nSPS) is 25.5. The Morgan fingerprint density at radius 2 is 2.13 bits per heavy atom. The van der Waals surface area contributed by atoms with Gasteiger partial charge in [0.2, 0.25) is 0 Å². The summed E-state index contributed by atoms with van der Waals surface area (Å²) in [6.45, 7) is 5.20. The van der Waals surface area contributed by atoms with E-state index in [1.165, 1.54) is 24.1 Å². The molecule has 0 aliphatic carbocycles. The molecule has 1 heterocycles. The molecule has 1 N–H and O–H groups in total. The molecule has 1 saturated heterocycles. The summed E-state index contributed by atoms with van der Waals surface area (Å²) in [6.07, 6.45) is 3.20. The summed E-state index contributed by atoms with van der Waals surface area (Å²) < 4.78 is 5.76. The predicted octanol–water partition coefficient (Wildman–Crippen LogP) is 2.97. The molecule has 0 saturated carbocycles. The first-order chi connectivity index (χ1) is 7.25. The number of ether oxygens (including phenoxy) is 1. The fourth-order valence-electron chi connectivity index (χ4n) is 2.03. The van der Waals surface area contributed by atoms with E-state index >= 15 is 0 Å². The predicted molar refractivity (Wildman–Crippen MR) is 63.2 cm³/mol. The quantitative estimate of drug-likeness (QED) is 0.819. The number of hydrogen-bond acceptors (Lipinski definition) is 2. The van der Waals surface area contributed by atoms with Crippen LogP contribution in [0.25, 0.3) is 0 Å². The van der Waals surface area contributed by atoms with Crippen molar-refractivity contribution < 1.29 is 4.74 Å². The third-order valence-electron chi connectivity index (χ3n) is 2.99. The molecule has 2 heteroatoms. The molecule has 15 heavy (non-hydrogen) atoms. The van der Waals surface area contributed by atoms with Gasteiger partial charge >= 0.3 is 0 Å². The maximum atomic E-state index is 5.76. The largest absolute Gasteiger partial charge is 0.382 e. The molecule has 0 amide bonds. The first-order valence-corrected chi connectivity index (χ1v) is 5.70. The zero-order chi connectivity index (χ0) is 10.7. The first kappa shape index (κ1) is 10.5. The van der Waals surface area contributed by atoms with Crippen molar-refractivity contribution in [2.75, 3.05) is 11.9 Å². The fraction of sp³-hybridized carbons (Fsp3) is 0.538. The number of anilines is 1. The van der Waals surface area contributed by atoms with Gasteiger partial charge in [0, 0.05) is 12.2 Å². The number of hydrogen-bond donors (Lipinski definition) is 1. The van der Waals surface area contributed by atoms with Gasteiger partial charge in [-0.3, -0.25) is 0 Å². The molecule has 1 aromatic carbocycles. The second-order valence-corrected chi connectivity index (χ2v) is 4.34. The second-order valence-electron chi connectivity index (χ2n) is 4.34. The van der Waals surface area contributed by atoms with Crippen molar-refractivity contribution in [3.63, 3.8) is 0 Å². The smallest absolute Gasteiger partial charge is 0.0751 e. The average Bonchev–Trinajstić information content (AvgIpc) is 2.63. The summed E-state index contributed by atoms with van der Waals surface area (Å²) in [4.78, 5) is 0. The molecule has 0 radical (unpaired) electrons. The lowest BCUT2D eigenvalue weighted by Crippen LogP contribution is -2.20. The number of rotatable bonds is 3. The molecule has 2 atom stereocenters. The van der Waals surface area contributed by atoms with E-state index in [1.807, 2.05) is 0 Å². The van der Waals surface area contributed by atoms with Crippen molar-refractivity contribution >= 4 is 5.69 Å². The van der Waals surface area contributed by atoms with Crippen LogP contribution >= 0.6 is 0 Å². The van der Waals surface area contributed by atoms with Crippen molar-refractivity contribution in [2.24, 2.45) is 0 Å². The van der Waals surface area contributed by atoms with E-state index in [0.717, 1.165) is 6.54 Å². The minimum atomic E-state index is 0.389. The van der Waals surface area contributed by atoms with Crippen molar-refractivity contribution in [3.05, 3.63) is 29.8 Å². The molecule has 2 nitrogen and oxygen atoms in total. The van der Waals surface area contributed by atoms with E-state index in [2.05, 4.69) is 43.4 Å². The Hall–Kier alpha value is -1.02. The van der Waals surface area contributed by atoms with E-state index in [4.69, 9.17) is 4.74 Å². The SMILES string of the molecule is Cc1ccccc1NCC1CCC(C)O1. The number of benzene rings is 1. The van der Waals surface area contributed by atoms with Gasteiger partial charge in [0.15, 0.2) is 0 Å². The minimum Gasteiger partial charge on any atom is -0.382 e. The highest BCUT2D eigenvalue weighted by Crippen LogP contribution is 2.20. The van der Waals surface area contributed by atoms with E-state index < -0.39 is 0 Å². The summed E-state index contributed by atoms with van der Waals surface area (Å²) in [6, 6.07) is 8.37. The summed E-state index contributed by atoms with van der Waals surface area (Å²) in [5, 5.41) is 3.45. The van der Waals surface area contributed by atoms with Crippen LogP contribution in [0.5, 0.6) is 0 Å². The van der Waals surface area contributed by atoms with Crippen LogP contribution in [0.3, 0.4) is 0 Å². The van der Waals surface area contributed by atoms with Gasteiger partial charge in [0.05, 0.1) is 12.2 Å². The van der Waals surface area contributed by atoms with Crippen LogP contribution < -0.4 is 5.32 Å². The maximum absolute atomic E-state index is 5.76. The zero-order valence-electron chi connectivity index (χ0n) is 9.49. The lowest BCUT2D eigenvalue weighted by atomic mass is 10.2. The molecule has 1 aliphatic heterocycles. The van der Waals surface area contributed by atoms with E-state index in [9.17, 15) is 0 Å². The Labute approximate surface area is 91.6 Å². The molecule has 1 aromatic rings. The molecule has 0 spiro atoms.